The Bertz CT molecular complexity index is 616. The normalized spacial score (nSPS) is 48.7. The van der Waals surface area contributed by atoms with Crippen LogP contribution in [0.5, 0.6) is 0 Å². The predicted molar refractivity (Wildman–Crippen MR) is 131 cm³/mol. The fourth-order valence-corrected chi connectivity index (χ4v) is 10.3. The second-order valence-electron chi connectivity index (χ2n) is 14.2. The third-order valence-corrected chi connectivity index (χ3v) is 12.2. The van der Waals surface area contributed by atoms with Gasteiger partial charge in [-0.1, -0.05) is 74.7 Å². The van der Waals surface area contributed by atoms with Gasteiger partial charge < -0.3 is 0 Å². The molecule has 0 N–H and O–H groups in total. The van der Waals surface area contributed by atoms with Crippen molar-refractivity contribution in [2.24, 2.45) is 57.2 Å². The number of rotatable bonds is 5. The molecule has 173 valence electrons. The molecule has 0 saturated heterocycles. The van der Waals surface area contributed by atoms with Crippen LogP contribution in [0, 0.1) is 63.6 Å². The fraction of sp³-hybridized carbons (Fsp3) is 0.967. The van der Waals surface area contributed by atoms with Crippen molar-refractivity contribution < 1.29 is 0 Å². The molecule has 0 aromatic heterocycles. The zero-order valence-corrected chi connectivity index (χ0v) is 21.8. The summed E-state index contributed by atoms with van der Waals surface area (Å²) in [5, 5.41) is 0. The quantitative estimate of drug-likeness (QED) is 0.421. The van der Waals surface area contributed by atoms with Gasteiger partial charge >= 0.3 is 0 Å². The van der Waals surface area contributed by atoms with Crippen molar-refractivity contribution in [1.29, 1.82) is 0 Å². The number of fused-ring (bicyclic) bond motifs is 5. The summed E-state index contributed by atoms with van der Waals surface area (Å²) in [7, 11) is 0. The van der Waals surface area contributed by atoms with Gasteiger partial charge in [0.2, 0.25) is 0 Å². The maximum atomic E-state index is 2.77. The second-order valence-corrected chi connectivity index (χ2v) is 14.2. The predicted octanol–water partition coefficient (Wildman–Crippen LogP) is 9.34. The molecule has 0 nitrogen and oxygen atoms in total. The maximum absolute atomic E-state index is 2.77. The Morgan fingerprint density at radius 3 is 2.17 bits per heavy atom. The van der Waals surface area contributed by atoms with Crippen LogP contribution < -0.4 is 0 Å². The Morgan fingerprint density at radius 1 is 0.767 bits per heavy atom. The molecule has 4 saturated carbocycles. The maximum Gasteiger partial charge on any atom is -0.0238 e. The van der Waals surface area contributed by atoms with E-state index in [0.717, 1.165) is 35.5 Å². The highest BCUT2D eigenvalue weighted by molar-refractivity contribution is 5.17. The van der Waals surface area contributed by atoms with Crippen LogP contribution in [0.2, 0.25) is 0 Å². The van der Waals surface area contributed by atoms with Crippen LogP contribution in [0.25, 0.3) is 0 Å². The highest BCUT2D eigenvalue weighted by atomic mass is 14.7. The molecule has 30 heavy (non-hydrogen) atoms. The lowest BCUT2D eigenvalue weighted by Crippen LogP contribution is -2.59. The summed E-state index contributed by atoms with van der Waals surface area (Å²) < 4.78 is 0. The highest BCUT2D eigenvalue weighted by Crippen LogP contribution is 2.74. The molecule has 0 heterocycles. The lowest BCUT2D eigenvalue weighted by atomic mass is 9.38. The third kappa shape index (κ3) is 3.36. The topological polar surface area (TPSA) is 0 Å². The van der Waals surface area contributed by atoms with Gasteiger partial charge in [-0.25, -0.2) is 0 Å². The summed E-state index contributed by atoms with van der Waals surface area (Å²) >= 11 is 0. The van der Waals surface area contributed by atoms with Gasteiger partial charge in [-0.2, -0.15) is 0 Å². The van der Waals surface area contributed by atoms with Gasteiger partial charge in [-0.05, 0) is 115 Å². The molecule has 1 unspecified atom stereocenters. The Labute approximate surface area is 189 Å². The first-order chi connectivity index (χ1) is 14.0. The first kappa shape index (κ1) is 23.2. The van der Waals surface area contributed by atoms with Crippen molar-refractivity contribution in [3.05, 3.63) is 6.42 Å². The van der Waals surface area contributed by atoms with Crippen molar-refractivity contribution in [1.82, 2.24) is 0 Å². The van der Waals surface area contributed by atoms with E-state index in [1.165, 1.54) is 70.6 Å². The molecule has 0 aromatic rings. The van der Waals surface area contributed by atoms with E-state index in [2.05, 4.69) is 61.8 Å². The van der Waals surface area contributed by atoms with Crippen molar-refractivity contribution in [2.45, 2.75) is 126 Å². The average molecular weight is 414 g/mol. The van der Waals surface area contributed by atoms with Crippen LogP contribution in [0.15, 0.2) is 0 Å². The summed E-state index contributed by atoms with van der Waals surface area (Å²) in [5.74, 6) is 5.64. The molecule has 0 spiro atoms. The van der Waals surface area contributed by atoms with Crippen LogP contribution in [-0.2, 0) is 0 Å². The van der Waals surface area contributed by atoms with Crippen molar-refractivity contribution in [2.75, 3.05) is 0 Å². The smallest absolute Gasteiger partial charge is 0.0238 e. The molecule has 0 heteroatoms. The largest absolute Gasteiger partial charge is 0.0628 e. The number of hydrogen-bond acceptors (Lipinski definition) is 0. The standard InChI is InChI=1S/C30H53/c1-21(2)11-9-12-22(3)23-15-19-30(8)25-13-14-26-27(4,5)17-10-18-28(26,6)24(25)16-20-29(23,30)7/h17,21-26H,9-16,18-20H2,1-8H3/t22-,23-,24+,25-,26?,28-,29-,30+/m1/s1. The summed E-state index contributed by atoms with van der Waals surface area (Å²) in [6, 6.07) is 0. The van der Waals surface area contributed by atoms with Crippen molar-refractivity contribution in [3.8, 4) is 0 Å². The Kier molecular flexibility index (Phi) is 6.02. The zero-order chi connectivity index (χ0) is 21.9. The minimum absolute atomic E-state index is 0.447. The van der Waals surface area contributed by atoms with Crippen LogP contribution in [0.4, 0.5) is 0 Å². The Balaban J connectivity index is 1.55. The van der Waals surface area contributed by atoms with Gasteiger partial charge in [0.15, 0.2) is 0 Å². The third-order valence-electron chi connectivity index (χ3n) is 12.2. The van der Waals surface area contributed by atoms with E-state index < -0.39 is 0 Å². The summed E-state index contributed by atoms with van der Waals surface area (Å²) in [4.78, 5) is 0. The van der Waals surface area contributed by atoms with E-state index in [0.29, 0.717) is 21.7 Å². The molecule has 4 fully saturated rings. The van der Waals surface area contributed by atoms with Gasteiger partial charge in [0, 0.05) is 0 Å². The van der Waals surface area contributed by atoms with Crippen LogP contribution >= 0.6 is 0 Å². The summed E-state index contributed by atoms with van der Waals surface area (Å²) in [5.41, 5.74) is 2.21. The zero-order valence-electron chi connectivity index (χ0n) is 21.8. The lowest BCUT2D eigenvalue weighted by molar-refractivity contribution is -0.171. The molecule has 0 aliphatic heterocycles. The van der Waals surface area contributed by atoms with E-state index in [1.807, 2.05) is 0 Å². The molecule has 0 amide bonds. The molecule has 4 aliphatic rings. The van der Waals surface area contributed by atoms with Crippen LogP contribution in [0.3, 0.4) is 0 Å². The molecule has 4 rings (SSSR count). The molecular formula is C30H53. The molecular weight excluding hydrogens is 360 g/mol. The van der Waals surface area contributed by atoms with Gasteiger partial charge in [-0.15, -0.1) is 0 Å². The Morgan fingerprint density at radius 2 is 1.47 bits per heavy atom. The van der Waals surface area contributed by atoms with E-state index in [9.17, 15) is 0 Å². The molecule has 0 bridgehead atoms. The van der Waals surface area contributed by atoms with Gasteiger partial charge in [0.25, 0.3) is 0 Å². The first-order valence-electron chi connectivity index (χ1n) is 13.8. The second kappa shape index (κ2) is 7.80. The minimum atomic E-state index is 0.447. The minimum Gasteiger partial charge on any atom is -0.0628 e. The van der Waals surface area contributed by atoms with Gasteiger partial charge in [-0.3, -0.25) is 0 Å². The molecule has 8 atom stereocenters. The van der Waals surface area contributed by atoms with Crippen molar-refractivity contribution in [3.63, 3.8) is 0 Å². The lowest BCUT2D eigenvalue weighted by Gasteiger charge is -2.67. The van der Waals surface area contributed by atoms with E-state index in [1.54, 1.807) is 0 Å². The van der Waals surface area contributed by atoms with Crippen molar-refractivity contribution >= 4 is 0 Å². The Hall–Kier alpha value is 0. The summed E-state index contributed by atoms with van der Waals surface area (Å²) in [6.45, 7) is 20.8. The van der Waals surface area contributed by atoms with Gasteiger partial charge in [0.05, 0.1) is 0 Å². The first-order valence-corrected chi connectivity index (χ1v) is 13.8. The monoisotopic (exact) mass is 413 g/mol. The SMILES string of the molecule is CC(C)CCC[C@@H](C)[C@H]1CC[C@@]2(C)[C@@H]3CCC4C(C)(C)[CH]CC[C@]4(C)[C@H]3CC[C@]12C. The average Bonchev–Trinajstić information content (AvgIpc) is 2.92. The van der Waals surface area contributed by atoms with Gasteiger partial charge in [0.1, 0.15) is 0 Å². The highest BCUT2D eigenvalue weighted by Gasteiger charge is 2.66. The number of hydrogen-bond donors (Lipinski definition) is 0. The van der Waals surface area contributed by atoms with E-state index in [-0.39, 0.29) is 0 Å². The summed E-state index contributed by atoms with van der Waals surface area (Å²) in [6.07, 6.45) is 18.9. The molecule has 4 aliphatic carbocycles. The van der Waals surface area contributed by atoms with Crippen LogP contribution in [0.1, 0.15) is 126 Å². The molecule has 1 radical (unpaired) electrons. The molecule has 0 aromatic carbocycles. The van der Waals surface area contributed by atoms with Crippen LogP contribution in [-0.4, -0.2) is 0 Å². The fourth-order valence-electron chi connectivity index (χ4n) is 10.3. The van der Waals surface area contributed by atoms with E-state index >= 15 is 0 Å². The van der Waals surface area contributed by atoms with E-state index in [4.69, 9.17) is 0 Å².